The lowest BCUT2D eigenvalue weighted by atomic mass is 9.90. The van der Waals surface area contributed by atoms with Crippen molar-refractivity contribution in [1.82, 2.24) is 4.98 Å². The highest BCUT2D eigenvalue weighted by molar-refractivity contribution is 7.84. The van der Waals surface area contributed by atoms with Gasteiger partial charge in [0.1, 0.15) is 16.3 Å². The number of nitriles is 1. The number of fused-ring (bicyclic) bond motifs is 1. The minimum absolute atomic E-state index is 0.223. The number of benzene rings is 1. The van der Waals surface area contributed by atoms with Crippen molar-refractivity contribution in [2.45, 2.75) is 31.9 Å². The van der Waals surface area contributed by atoms with Crippen LogP contribution in [0.1, 0.15) is 26.7 Å². The van der Waals surface area contributed by atoms with E-state index in [1.54, 1.807) is 18.2 Å². The van der Waals surface area contributed by atoms with E-state index in [1.807, 2.05) is 13.8 Å². The fourth-order valence-corrected chi connectivity index (χ4v) is 2.77. The Kier molecular flexibility index (Phi) is 4.09. The van der Waals surface area contributed by atoms with Gasteiger partial charge in [0.25, 0.3) is 5.22 Å². The van der Waals surface area contributed by atoms with Crippen LogP contribution in [0, 0.1) is 16.7 Å². The molecule has 1 aromatic heterocycles. The second-order valence-corrected chi connectivity index (χ2v) is 6.80. The van der Waals surface area contributed by atoms with Crippen LogP contribution in [-0.4, -0.2) is 14.9 Å². The summed E-state index contributed by atoms with van der Waals surface area (Å²) in [5, 5.41) is 9.15. The molecule has 106 valence electrons. The predicted octanol–water partition coefficient (Wildman–Crippen LogP) is 2.85. The number of hydrogen-bond donors (Lipinski definition) is 1. The molecule has 20 heavy (non-hydrogen) atoms. The second kappa shape index (κ2) is 5.63. The van der Waals surface area contributed by atoms with E-state index in [0.717, 1.165) is 0 Å². The van der Waals surface area contributed by atoms with Gasteiger partial charge in [-0.25, -0.2) is 9.19 Å². The standard InChI is InChI=1S/C14H17N3O2S/c1-14(2,9-15)6-3-7-20(18)13-17-11-5-4-10(16)8-12(11)19-13/h4-5,8H,3,6-7,16H2,1-2H3. The van der Waals surface area contributed by atoms with Crippen molar-refractivity contribution in [2.24, 2.45) is 5.41 Å². The minimum atomic E-state index is -1.29. The first kappa shape index (κ1) is 14.5. The number of oxazole rings is 1. The summed E-state index contributed by atoms with van der Waals surface area (Å²) in [6.45, 7) is 3.75. The van der Waals surface area contributed by atoms with Crippen molar-refractivity contribution in [2.75, 3.05) is 11.5 Å². The van der Waals surface area contributed by atoms with Crippen molar-refractivity contribution < 1.29 is 8.63 Å². The van der Waals surface area contributed by atoms with Gasteiger partial charge < -0.3 is 10.2 Å². The first-order valence-electron chi connectivity index (χ1n) is 6.37. The van der Waals surface area contributed by atoms with Gasteiger partial charge in [-0.05, 0) is 38.8 Å². The van der Waals surface area contributed by atoms with Gasteiger partial charge in [0.2, 0.25) is 0 Å². The largest absolute Gasteiger partial charge is 0.430 e. The Labute approximate surface area is 120 Å². The normalized spacial score (nSPS) is 13.2. The van der Waals surface area contributed by atoms with Crippen LogP contribution in [0.4, 0.5) is 5.69 Å². The molecule has 0 aliphatic heterocycles. The SMILES string of the molecule is CC(C)(C#N)CCCS(=O)c1nc2ccc(N)cc2o1. The maximum absolute atomic E-state index is 12.1. The molecule has 0 amide bonds. The molecule has 2 aromatic rings. The van der Waals surface area contributed by atoms with Crippen LogP contribution in [0.5, 0.6) is 0 Å². The van der Waals surface area contributed by atoms with Gasteiger partial charge in [-0.1, -0.05) is 0 Å². The van der Waals surface area contributed by atoms with Crippen molar-refractivity contribution in [3.63, 3.8) is 0 Å². The number of nitrogens with two attached hydrogens (primary N) is 1. The zero-order valence-corrected chi connectivity index (χ0v) is 12.4. The Morgan fingerprint density at radius 3 is 2.95 bits per heavy atom. The third-order valence-electron chi connectivity index (χ3n) is 3.02. The quantitative estimate of drug-likeness (QED) is 0.855. The molecular formula is C14H17N3O2S. The summed E-state index contributed by atoms with van der Waals surface area (Å²) in [6, 6.07) is 7.37. The Morgan fingerprint density at radius 2 is 2.25 bits per heavy atom. The topological polar surface area (TPSA) is 92.9 Å². The van der Waals surface area contributed by atoms with Crippen molar-refractivity contribution in [3.8, 4) is 6.07 Å². The van der Waals surface area contributed by atoms with E-state index >= 15 is 0 Å². The zero-order valence-electron chi connectivity index (χ0n) is 11.5. The smallest absolute Gasteiger partial charge is 0.287 e. The molecule has 6 heteroatoms. The lowest BCUT2D eigenvalue weighted by Crippen LogP contribution is -2.10. The molecule has 0 bridgehead atoms. The van der Waals surface area contributed by atoms with Gasteiger partial charge in [0.15, 0.2) is 5.58 Å². The molecule has 0 saturated heterocycles. The van der Waals surface area contributed by atoms with E-state index < -0.39 is 10.8 Å². The molecule has 1 heterocycles. The van der Waals surface area contributed by atoms with Crippen LogP contribution in [0.15, 0.2) is 27.8 Å². The summed E-state index contributed by atoms with van der Waals surface area (Å²) in [6.07, 6.45) is 1.39. The van der Waals surface area contributed by atoms with Gasteiger partial charge in [-0.3, -0.25) is 0 Å². The summed E-state index contributed by atoms with van der Waals surface area (Å²) < 4.78 is 17.6. The number of nitrogens with zero attached hydrogens (tertiary/aromatic N) is 2. The van der Waals surface area contributed by atoms with E-state index in [0.29, 0.717) is 35.4 Å². The lowest BCUT2D eigenvalue weighted by Gasteiger charge is -2.13. The maximum Gasteiger partial charge on any atom is 0.287 e. The first-order valence-corrected chi connectivity index (χ1v) is 7.69. The summed E-state index contributed by atoms with van der Waals surface area (Å²) in [7, 11) is -1.29. The number of hydrogen-bond acceptors (Lipinski definition) is 5. The van der Waals surface area contributed by atoms with Crippen LogP contribution in [0.25, 0.3) is 11.1 Å². The molecule has 2 rings (SSSR count). The third kappa shape index (κ3) is 3.36. The van der Waals surface area contributed by atoms with E-state index in [1.165, 1.54) is 0 Å². The van der Waals surface area contributed by atoms with Gasteiger partial charge >= 0.3 is 0 Å². The minimum Gasteiger partial charge on any atom is -0.430 e. The monoisotopic (exact) mass is 291 g/mol. The summed E-state index contributed by atoms with van der Waals surface area (Å²) in [5.41, 5.74) is 7.05. The Balaban J connectivity index is 2.03. The number of aromatic nitrogens is 1. The van der Waals surface area contributed by atoms with Crippen molar-refractivity contribution in [1.29, 1.82) is 5.26 Å². The molecule has 0 aliphatic rings. The van der Waals surface area contributed by atoms with Crippen LogP contribution >= 0.6 is 0 Å². The Morgan fingerprint density at radius 1 is 1.50 bits per heavy atom. The lowest BCUT2D eigenvalue weighted by molar-refractivity contribution is 0.443. The first-order chi connectivity index (χ1) is 9.41. The maximum atomic E-state index is 12.1. The van der Waals surface area contributed by atoms with Crippen molar-refractivity contribution in [3.05, 3.63) is 18.2 Å². The molecule has 0 saturated carbocycles. The summed E-state index contributed by atoms with van der Waals surface area (Å²) >= 11 is 0. The number of anilines is 1. The summed E-state index contributed by atoms with van der Waals surface area (Å²) in [5.74, 6) is 0.438. The highest BCUT2D eigenvalue weighted by Crippen LogP contribution is 2.23. The molecule has 1 unspecified atom stereocenters. The molecule has 0 radical (unpaired) electrons. The second-order valence-electron chi connectivity index (χ2n) is 5.36. The van der Waals surface area contributed by atoms with Crippen molar-refractivity contribution >= 4 is 27.6 Å². The van der Waals surface area contributed by atoms with E-state index in [4.69, 9.17) is 15.4 Å². The van der Waals surface area contributed by atoms with E-state index in [2.05, 4.69) is 11.1 Å². The fourth-order valence-electron chi connectivity index (χ4n) is 1.81. The molecule has 1 atom stereocenters. The van der Waals surface area contributed by atoms with Gasteiger partial charge in [0, 0.05) is 17.5 Å². The molecule has 5 nitrogen and oxygen atoms in total. The average Bonchev–Trinajstić information content (AvgIpc) is 2.81. The molecule has 2 N–H and O–H groups in total. The van der Waals surface area contributed by atoms with Crippen LogP contribution in [0.3, 0.4) is 0 Å². The third-order valence-corrected chi connectivity index (χ3v) is 4.25. The summed E-state index contributed by atoms with van der Waals surface area (Å²) in [4.78, 5) is 4.20. The molecule has 0 aliphatic carbocycles. The molecule has 0 spiro atoms. The molecule has 0 fully saturated rings. The number of nitrogen functional groups attached to an aromatic ring is 1. The van der Waals surface area contributed by atoms with E-state index in [9.17, 15) is 4.21 Å². The van der Waals surface area contributed by atoms with Gasteiger partial charge in [0.05, 0.1) is 11.5 Å². The highest BCUT2D eigenvalue weighted by Gasteiger charge is 2.18. The van der Waals surface area contributed by atoms with Crippen LogP contribution < -0.4 is 5.73 Å². The fraction of sp³-hybridized carbons (Fsp3) is 0.429. The number of rotatable bonds is 5. The van der Waals surface area contributed by atoms with Crippen LogP contribution in [0.2, 0.25) is 0 Å². The van der Waals surface area contributed by atoms with Gasteiger partial charge in [-0.2, -0.15) is 5.26 Å². The Bertz CT molecular complexity index is 685. The van der Waals surface area contributed by atoms with E-state index in [-0.39, 0.29) is 10.6 Å². The zero-order chi connectivity index (χ0) is 14.8. The molecular weight excluding hydrogens is 274 g/mol. The van der Waals surface area contributed by atoms with Gasteiger partial charge in [-0.15, -0.1) is 0 Å². The predicted molar refractivity (Wildman–Crippen MR) is 78.3 cm³/mol. The molecule has 1 aromatic carbocycles. The van der Waals surface area contributed by atoms with Crippen LogP contribution in [-0.2, 0) is 10.8 Å². The highest BCUT2D eigenvalue weighted by atomic mass is 32.2. The Hall–Kier alpha value is -1.87. The average molecular weight is 291 g/mol.